The number of amides is 1. The van der Waals surface area contributed by atoms with Crippen LogP contribution in [0.1, 0.15) is 21.7 Å². The van der Waals surface area contributed by atoms with Gasteiger partial charge in [0.1, 0.15) is 0 Å². The molecule has 0 aromatic carbocycles. The number of aromatic amines is 1. The van der Waals surface area contributed by atoms with Crippen LogP contribution in [-0.2, 0) is 0 Å². The van der Waals surface area contributed by atoms with Crippen molar-refractivity contribution in [3.05, 3.63) is 35.4 Å². The van der Waals surface area contributed by atoms with Gasteiger partial charge in [0, 0.05) is 25.1 Å². The maximum Gasteiger partial charge on any atom is 0.259 e. The molecule has 0 radical (unpaired) electrons. The molecule has 2 rings (SSSR count). The number of nitrogens with zero attached hydrogens (tertiary/aromatic N) is 2. The van der Waals surface area contributed by atoms with Crippen molar-refractivity contribution in [2.45, 2.75) is 13.8 Å². The Morgan fingerprint density at radius 3 is 2.78 bits per heavy atom. The van der Waals surface area contributed by atoms with Crippen molar-refractivity contribution in [3.8, 4) is 0 Å². The predicted octanol–water partition coefficient (Wildman–Crippen LogP) is 1.72. The maximum absolute atomic E-state index is 12.2. The van der Waals surface area contributed by atoms with Gasteiger partial charge in [-0.15, -0.1) is 0 Å². The minimum absolute atomic E-state index is 0.208. The van der Waals surface area contributed by atoms with E-state index in [2.05, 4.69) is 25.8 Å². The number of carbonyl (C=O) groups is 1. The third-order valence-electron chi connectivity index (χ3n) is 2.70. The molecule has 1 amide bonds. The van der Waals surface area contributed by atoms with E-state index in [9.17, 15) is 4.79 Å². The molecule has 0 aliphatic carbocycles. The molecule has 0 saturated carbocycles. The van der Waals surface area contributed by atoms with Crippen molar-refractivity contribution in [3.63, 3.8) is 0 Å². The average Bonchev–Trinajstić information content (AvgIpc) is 2.70. The number of hydrogen-bond donors (Lipinski definition) is 3. The van der Waals surface area contributed by atoms with Crippen molar-refractivity contribution in [2.24, 2.45) is 0 Å². The number of aromatic nitrogens is 3. The summed E-state index contributed by atoms with van der Waals surface area (Å²) < 4.78 is 0. The number of pyridine rings is 1. The van der Waals surface area contributed by atoms with Gasteiger partial charge in [-0.05, 0) is 19.9 Å². The number of carbonyl (C=O) groups excluding carboxylic acids is 1. The first-order valence-corrected chi connectivity index (χ1v) is 5.58. The molecular formula is C12H15N5O. The van der Waals surface area contributed by atoms with E-state index in [4.69, 9.17) is 0 Å². The summed E-state index contributed by atoms with van der Waals surface area (Å²) in [5.74, 6) is -0.208. The van der Waals surface area contributed by atoms with E-state index in [0.717, 1.165) is 17.1 Å². The summed E-state index contributed by atoms with van der Waals surface area (Å²) in [5, 5.41) is 12.7. The average molecular weight is 245 g/mol. The van der Waals surface area contributed by atoms with Crippen molar-refractivity contribution in [1.82, 2.24) is 15.2 Å². The molecule has 2 heterocycles. The lowest BCUT2D eigenvalue weighted by molar-refractivity contribution is 0.102. The Kier molecular flexibility index (Phi) is 3.27. The number of nitrogens with one attached hydrogen (secondary N) is 3. The van der Waals surface area contributed by atoms with Gasteiger partial charge in [-0.2, -0.15) is 5.10 Å². The normalized spacial score (nSPS) is 10.2. The first kappa shape index (κ1) is 12.1. The molecule has 0 fully saturated rings. The van der Waals surface area contributed by atoms with Crippen molar-refractivity contribution in [1.29, 1.82) is 0 Å². The van der Waals surface area contributed by atoms with Crippen LogP contribution in [0.5, 0.6) is 0 Å². The molecule has 18 heavy (non-hydrogen) atoms. The minimum Gasteiger partial charge on any atom is -0.387 e. The van der Waals surface area contributed by atoms with Gasteiger partial charge < -0.3 is 10.6 Å². The summed E-state index contributed by atoms with van der Waals surface area (Å²) in [7, 11) is 1.76. The van der Waals surface area contributed by atoms with E-state index >= 15 is 0 Å². The van der Waals surface area contributed by atoms with Crippen LogP contribution in [0.25, 0.3) is 0 Å². The maximum atomic E-state index is 12.2. The number of anilines is 2. The Bertz CT molecular complexity index is 556. The summed E-state index contributed by atoms with van der Waals surface area (Å²) in [6.45, 7) is 3.69. The minimum atomic E-state index is -0.208. The van der Waals surface area contributed by atoms with E-state index in [1.807, 2.05) is 13.8 Å². The van der Waals surface area contributed by atoms with Crippen LogP contribution < -0.4 is 10.6 Å². The third-order valence-corrected chi connectivity index (χ3v) is 2.70. The molecule has 0 bridgehead atoms. The lowest BCUT2D eigenvalue weighted by Crippen LogP contribution is -2.15. The van der Waals surface area contributed by atoms with Crippen LogP contribution in [-0.4, -0.2) is 28.1 Å². The van der Waals surface area contributed by atoms with E-state index in [0.29, 0.717) is 11.3 Å². The van der Waals surface area contributed by atoms with Gasteiger partial charge in [-0.25, -0.2) is 0 Å². The molecule has 2 aromatic heterocycles. The van der Waals surface area contributed by atoms with Crippen LogP contribution in [0, 0.1) is 13.8 Å². The first-order valence-electron chi connectivity index (χ1n) is 5.58. The SMILES string of the molecule is CNc1ccncc1C(=O)Nc1c(C)n[nH]c1C. The smallest absolute Gasteiger partial charge is 0.259 e. The van der Waals surface area contributed by atoms with Crippen molar-refractivity contribution >= 4 is 17.3 Å². The Morgan fingerprint density at radius 1 is 1.39 bits per heavy atom. The Hall–Kier alpha value is -2.37. The number of aryl methyl sites for hydroxylation is 2. The zero-order valence-corrected chi connectivity index (χ0v) is 10.5. The van der Waals surface area contributed by atoms with E-state index in [-0.39, 0.29) is 5.91 Å². The molecule has 6 nitrogen and oxygen atoms in total. The highest BCUT2D eigenvalue weighted by Gasteiger charge is 2.14. The Labute approximate surface area is 105 Å². The lowest BCUT2D eigenvalue weighted by Gasteiger charge is -2.09. The van der Waals surface area contributed by atoms with Crippen LogP contribution in [0.4, 0.5) is 11.4 Å². The van der Waals surface area contributed by atoms with Gasteiger partial charge >= 0.3 is 0 Å². The predicted molar refractivity (Wildman–Crippen MR) is 69.8 cm³/mol. The van der Waals surface area contributed by atoms with Gasteiger partial charge in [0.15, 0.2) is 0 Å². The third kappa shape index (κ3) is 2.17. The molecule has 6 heteroatoms. The van der Waals surface area contributed by atoms with Crippen LogP contribution in [0.2, 0.25) is 0 Å². The Morgan fingerprint density at radius 2 is 2.17 bits per heavy atom. The fourth-order valence-corrected chi connectivity index (χ4v) is 1.71. The van der Waals surface area contributed by atoms with Crippen LogP contribution in [0.15, 0.2) is 18.5 Å². The molecular weight excluding hydrogens is 230 g/mol. The topological polar surface area (TPSA) is 82.7 Å². The molecule has 2 aromatic rings. The van der Waals surface area contributed by atoms with Gasteiger partial charge in [0.25, 0.3) is 5.91 Å². The lowest BCUT2D eigenvalue weighted by atomic mass is 10.2. The highest BCUT2D eigenvalue weighted by molar-refractivity contribution is 6.08. The quantitative estimate of drug-likeness (QED) is 0.768. The van der Waals surface area contributed by atoms with Crippen molar-refractivity contribution < 1.29 is 4.79 Å². The van der Waals surface area contributed by atoms with Crippen LogP contribution >= 0.6 is 0 Å². The fraction of sp³-hybridized carbons (Fsp3) is 0.250. The standard InChI is InChI=1S/C12H15N5O/c1-7-11(8(2)17-16-7)15-12(18)9-6-14-5-4-10(9)13-3/h4-6H,1-3H3,(H,13,14)(H,15,18)(H,16,17). The monoisotopic (exact) mass is 245 g/mol. The van der Waals surface area contributed by atoms with E-state index < -0.39 is 0 Å². The summed E-state index contributed by atoms with van der Waals surface area (Å²) >= 11 is 0. The highest BCUT2D eigenvalue weighted by atomic mass is 16.1. The van der Waals surface area contributed by atoms with Gasteiger partial charge in [0.2, 0.25) is 0 Å². The summed E-state index contributed by atoms with van der Waals surface area (Å²) in [6, 6.07) is 1.75. The second-order valence-corrected chi connectivity index (χ2v) is 3.93. The number of hydrogen-bond acceptors (Lipinski definition) is 4. The molecule has 0 aliphatic rings. The summed E-state index contributed by atoms with van der Waals surface area (Å²) in [4.78, 5) is 16.1. The number of rotatable bonds is 3. The first-order chi connectivity index (χ1) is 8.63. The zero-order valence-electron chi connectivity index (χ0n) is 10.5. The molecule has 0 atom stereocenters. The molecule has 0 spiro atoms. The van der Waals surface area contributed by atoms with Gasteiger partial charge in [-0.3, -0.25) is 14.9 Å². The van der Waals surface area contributed by atoms with Gasteiger partial charge in [0.05, 0.1) is 22.6 Å². The van der Waals surface area contributed by atoms with Gasteiger partial charge in [-0.1, -0.05) is 0 Å². The summed E-state index contributed by atoms with van der Waals surface area (Å²) in [5.41, 5.74) is 3.54. The Balaban J connectivity index is 2.28. The second-order valence-electron chi connectivity index (χ2n) is 3.93. The molecule has 0 aliphatic heterocycles. The number of H-pyrrole nitrogens is 1. The summed E-state index contributed by atoms with van der Waals surface area (Å²) in [6.07, 6.45) is 3.17. The molecule has 0 saturated heterocycles. The van der Waals surface area contributed by atoms with Crippen LogP contribution in [0.3, 0.4) is 0 Å². The van der Waals surface area contributed by atoms with E-state index in [1.165, 1.54) is 6.20 Å². The van der Waals surface area contributed by atoms with E-state index in [1.54, 1.807) is 19.3 Å². The fourth-order valence-electron chi connectivity index (χ4n) is 1.71. The zero-order chi connectivity index (χ0) is 13.1. The highest BCUT2D eigenvalue weighted by Crippen LogP contribution is 2.19. The second kappa shape index (κ2) is 4.87. The largest absolute Gasteiger partial charge is 0.387 e. The molecule has 94 valence electrons. The molecule has 0 unspecified atom stereocenters. The molecule has 3 N–H and O–H groups in total. The van der Waals surface area contributed by atoms with Crippen molar-refractivity contribution in [2.75, 3.05) is 17.7 Å².